The molecule has 2 atom stereocenters. The normalized spacial score (nSPS) is 21.7. The molecule has 2 aromatic heterocycles. The average molecular weight is 584 g/mol. The highest BCUT2D eigenvalue weighted by Crippen LogP contribution is 2.49. The second-order valence-electron chi connectivity index (χ2n) is 13.4. The molecule has 10 heteroatoms. The number of amides is 2. The summed E-state index contributed by atoms with van der Waals surface area (Å²) in [6, 6.07) is 9.57. The molecule has 1 saturated carbocycles. The summed E-state index contributed by atoms with van der Waals surface area (Å²) in [5, 5.41) is 6.50. The second-order valence-corrected chi connectivity index (χ2v) is 13.4. The van der Waals surface area contributed by atoms with Crippen LogP contribution in [-0.4, -0.2) is 50.8 Å². The van der Waals surface area contributed by atoms with Crippen molar-refractivity contribution in [3.05, 3.63) is 64.7 Å². The molecule has 2 fully saturated rings. The number of fused-ring (bicyclic) bond motifs is 1. The largest absolute Gasteiger partial charge is 0.364 e. The fourth-order valence-electron chi connectivity index (χ4n) is 7.01. The Morgan fingerprint density at radius 3 is 2.44 bits per heavy atom. The first-order valence-corrected chi connectivity index (χ1v) is 15.2. The van der Waals surface area contributed by atoms with E-state index < -0.39 is 5.91 Å². The minimum Gasteiger partial charge on any atom is -0.364 e. The van der Waals surface area contributed by atoms with Crippen LogP contribution in [0.1, 0.15) is 91.2 Å². The van der Waals surface area contributed by atoms with Crippen LogP contribution in [0.4, 0.5) is 17.3 Å². The van der Waals surface area contributed by atoms with Gasteiger partial charge in [-0.1, -0.05) is 26.0 Å². The van der Waals surface area contributed by atoms with Gasteiger partial charge in [0.15, 0.2) is 11.5 Å². The van der Waals surface area contributed by atoms with E-state index in [1.807, 2.05) is 41.9 Å². The predicted molar refractivity (Wildman–Crippen MR) is 166 cm³/mol. The average Bonchev–Trinajstić information content (AvgIpc) is 3.64. The number of carbonyl (C=O) groups excluding carboxylic acids is 3. The Kier molecular flexibility index (Phi) is 7.06. The summed E-state index contributed by atoms with van der Waals surface area (Å²) < 4.78 is 2.05. The maximum atomic E-state index is 13.4. The Bertz CT molecular complexity index is 1600. The van der Waals surface area contributed by atoms with E-state index in [1.165, 1.54) is 11.3 Å². The van der Waals surface area contributed by atoms with E-state index in [-0.39, 0.29) is 46.1 Å². The molecule has 2 amide bonds. The van der Waals surface area contributed by atoms with E-state index in [2.05, 4.69) is 41.3 Å². The molecule has 4 N–H and O–H groups in total. The molecule has 1 saturated heterocycles. The van der Waals surface area contributed by atoms with Gasteiger partial charge in [-0.2, -0.15) is 0 Å². The molecule has 43 heavy (non-hydrogen) atoms. The number of Topliss-reactive ketones (excluding diaryl/α,β-unsaturated/α-hetero) is 1. The van der Waals surface area contributed by atoms with Crippen LogP contribution in [0.5, 0.6) is 0 Å². The van der Waals surface area contributed by atoms with Gasteiger partial charge >= 0.3 is 0 Å². The lowest BCUT2D eigenvalue weighted by Gasteiger charge is -2.40. The van der Waals surface area contributed by atoms with Crippen LogP contribution in [-0.2, 0) is 30.1 Å². The van der Waals surface area contributed by atoms with Crippen molar-refractivity contribution < 1.29 is 14.4 Å². The number of rotatable bonds is 8. The highest BCUT2D eigenvalue weighted by molar-refractivity contribution is 5.96. The Morgan fingerprint density at radius 1 is 1.09 bits per heavy atom. The van der Waals surface area contributed by atoms with Crippen molar-refractivity contribution in [2.24, 2.45) is 18.2 Å². The number of hydrogen-bond donors (Lipinski definition) is 3. The quantitative estimate of drug-likeness (QED) is 0.362. The number of nitrogens with zero attached hydrogens (tertiary/aromatic N) is 4. The van der Waals surface area contributed by atoms with Crippen LogP contribution in [0, 0.1) is 5.41 Å². The number of carbonyl (C=O) groups is 3. The van der Waals surface area contributed by atoms with Crippen LogP contribution < -0.4 is 21.3 Å². The molecule has 3 aliphatic rings. The highest BCUT2D eigenvalue weighted by atomic mass is 16.2. The maximum Gasteiger partial charge on any atom is 0.271 e. The topological polar surface area (TPSA) is 135 Å². The van der Waals surface area contributed by atoms with E-state index in [0.29, 0.717) is 17.2 Å². The molecule has 1 aliphatic heterocycles. The van der Waals surface area contributed by atoms with Crippen LogP contribution in [0.15, 0.2) is 36.5 Å². The minimum absolute atomic E-state index is 0.0460. The van der Waals surface area contributed by atoms with Crippen molar-refractivity contribution in [2.45, 2.75) is 83.7 Å². The van der Waals surface area contributed by atoms with Gasteiger partial charge in [0.2, 0.25) is 0 Å². The molecule has 1 aromatic carbocycles. The van der Waals surface area contributed by atoms with Gasteiger partial charge in [0, 0.05) is 37.1 Å². The first-order chi connectivity index (χ1) is 20.4. The molecule has 0 unspecified atom stereocenters. The number of hydrogen-bond acceptors (Lipinski definition) is 7. The van der Waals surface area contributed by atoms with Crippen LogP contribution in [0.3, 0.4) is 0 Å². The van der Waals surface area contributed by atoms with Crippen molar-refractivity contribution in [3.8, 4) is 0 Å². The fraction of sp³-hybridized carbons (Fsp3) is 0.485. The van der Waals surface area contributed by atoms with Gasteiger partial charge in [0.25, 0.3) is 11.8 Å². The molecule has 10 nitrogen and oxygen atoms in total. The molecule has 0 bridgehead atoms. The summed E-state index contributed by atoms with van der Waals surface area (Å²) in [7, 11) is 1.98. The smallest absolute Gasteiger partial charge is 0.271 e. The number of anilines is 3. The van der Waals surface area contributed by atoms with Crippen LogP contribution >= 0.6 is 0 Å². The lowest BCUT2D eigenvalue weighted by atomic mass is 9.90. The summed E-state index contributed by atoms with van der Waals surface area (Å²) in [6.45, 7) is 8.99. The van der Waals surface area contributed by atoms with Gasteiger partial charge in [-0.25, -0.2) is 9.97 Å². The Balaban J connectivity index is 1.19. The summed E-state index contributed by atoms with van der Waals surface area (Å²) in [5.74, 6) is 0.312. The third-order valence-corrected chi connectivity index (χ3v) is 9.71. The number of nitrogens with two attached hydrogens (primary N) is 1. The lowest BCUT2D eigenvalue weighted by Crippen LogP contribution is -2.54. The highest BCUT2D eigenvalue weighted by Gasteiger charge is 2.48. The zero-order chi connectivity index (χ0) is 30.7. The van der Waals surface area contributed by atoms with Gasteiger partial charge < -0.3 is 25.8 Å². The summed E-state index contributed by atoms with van der Waals surface area (Å²) >= 11 is 0. The first kappa shape index (κ1) is 28.9. The molecule has 0 radical (unpaired) electrons. The fourth-order valence-corrected chi connectivity index (χ4v) is 7.01. The molecular formula is C33H41N7O3. The zero-order valence-electron chi connectivity index (χ0n) is 25.7. The third-order valence-electron chi connectivity index (χ3n) is 9.71. The number of piperidine rings is 1. The van der Waals surface area contributed by atoms with Crippen molar-refractivity contribution in [1.29, 1.82) is 0 Å². The molecule has 3 heterocycles. The Labute approximate surface area is 252 Å². The van der Waals surface area contributed by atoms with Gasteiger partial charge in [0.1, 0.15) is 17.3 Å². The molecule has 226 valence electrons. The number of aromatic nitrogens is 3. The minimum atomic E-state index is -0.679. The van der Waals surface area contributed by atoms with Crippen LogP contribution in [0.25, 0.3) is 0 Å². The number of nitrogens with one attached hydrogen (secondary N) is 2. The number of benzene rings is 1. The van der Waals surface area contributed by atoms with E-state index in [0.717, 1.165) is 50.6 Å². The SMILES string of the molecule is CC(=O)C1(c2ccc(Nc3nc(N4CCC[C@@H](NC(=O)c5cc6c(n5C)CC(C)(C)C6)[C@H]4C)cnc3C(N)=O)cc2)CC1. The summed E-state index contributed by atoms with van der Waals surface area (Å²) in [4.78, 5) is 49.1. The summed E-state index contributed by atoms with van der Waals surface area (Å²) in [6.07, 6.45) is 6.99. The molecule has 3 aromatic rings. The van der Waals surface area contributed by atoms with E-state index in [1.54, 1.807) is 13.1 Å². The van der Waals surface area contributed by atoms with Crippen molar-refractivity contribution in [2.75, 3.05) is 16.8 Å². The monoisotopic (exact) mass is 583 g/mol. The third kappa shape index (κ3) is 5.28. The molecule has 2 aliphatic carbocycles. The lowest BCUT2D eigenvalue weighted by molar-refractivity contribution is -0.119. The van der Waals surface area contributed by atoms with E-state index in [9.17, 15) is 14.4 Å². The van der Waals surface area contributed by atoms with Gasteiger partial charge in [-0.3, -0.25) is 14.4 Å². The predicted octanol–water partition coefficient (Wildman–Crippen LogP) is 4.19. The Morgan fingerprint density at radius 2 is 1.81 bits per heavy atom. The molecule has 6 rings (SSSR count). The van der Waals surface area contributed by atoms with Crippen LogP contribution in [0.2, 0.25) is 0 Å². The zero-order valence-corrected chi connectivity index (χ0v) is 25.7. The molecule has 0 spiro atoms. The summed E-state index contributed by atoms with van der Waals surface area (Å²) in [5.41, 5.74) is 10.5. The van der Waals surface area contributed by atoms with Crippen molar-refractivity contribution in [1.82, 2.24) is 19.9 Å². The van der Waals surface area contributed by atoms with Gasteiger partial charge in [0.05, 0.1) is 11.6 Å². The first-order valence-electron chi connectivity index (χ1n) is 15.2. The standard InChI is InChI=1S/C33H41N7O3/c1-19-24(37-31(43)25-15-21-16-32(3,4)17-26(21)39(25)5)7-6-14-40(19)27-18-35-28(29(34)42)30(38-27)36-23-10-8-22(9-11-23)33(12-13-33)20(2)41/h8-11,15,18-19,24H,6-7,12-14,16-17H2,1-5H3,(H2,34,42)(H,36,38)(H,37,43)/t19-,24-/m1/s1. The molecular weight excluding hydrogens is 542 g/mol. The maximum absolute atomic E-state index is 13.4. The number of ketones is 1. The Hall–Kier alpha value is -4.21. The van der Waals surface area contributed by atoms with Gasteiger partial charge in [-0.15, -0.1) is 0 Å². The second kappa shape index (κ2) is 10.5. The van der Waals surface area contributed by atoms with Crippen molar-refractivity contribution >= 4 is 34.9 Å². The van der Waals surface area contributed by atoms with Gasteiger partial charge in [-0.05, 0) is 87.1 Å². The van der Waals surface area contributed by atoms with E-state index >= 15 is 0 Å². The number of primary amides is 1. The van der Waals surface area contributed by atoms with E-state index in [4.69, 9.17) is 10.7 Å². The van der Waals surface area contributed by atoms with Crippen molar-refractivity contribution in [3.63, 3.8) is 0 Å².